The number of halogens is 2. The highest BCUT2D eigenvalue weighted by Gasteiger charge is 2.11. The van der Waals surface area contributed by atoms with Gasteiger partial charge in [0.2, 0.25) is 0 Å². The Morgan fingerprint density at radius 3 is 3.00 bits per heavy atom. The Balaban J connectivity index is 2.48. The van der Waals surface area contributed by atoms with E-state index in [0.29, 0.717) is 25.9 Å². The average molecular weight is 386 g/mol. The lowest BCUT2D eigenvalue weighted by atomic mass is 10.2. The van der Waals surface area contributed by atoms with Gasteiger partial charge in [-0.1, -0.05) is 23.4 Å². The van der Waals surface area contributed by atoms with Crippen molar-refractivity contribution in [2.75, 3.05) is 0 Å². The molecule has 0 radical (unpaired) electrons. The topological polar surface area (TPSA) is 70.5 Å². The van der Waals surface area contributed by atoms with Crippen LogP contribution in [0.5, 0.6) is 0 Å². The van der Waals surface area contributed by atoms with E-state index in [2.05, 4.69) is 42.6 Å². The SMILES string of the molecule is C=N/C(=C\N=C(C)Br)Sc1ccc2nc[nH]c(=O)c2c1Cl. The van der Waals surface area contributed by atoms with Gasteiger partial charge in [0.15, 0.2) is 0 Å². The molecular weight excluding hydrogens is 376 g/mol. The van der Waals surface area contributed by atoms with Crippen LogP contribution >= 0.6 is 39.3 Å². The second-order valence-electron chi connectivity index (χ2n) is 3.86. The van der Waals surface area contributed by atoms with Gasteiger partial charge < -0.3 is 4.98 Å². The molecule has 2 aromatic rings. The zero-order valence-corrected chi connectivity index (χ0v) is 14.1. The average Bonchev–Trinajstić information content (AvgIpc) is 2.45. The first-order valence-electron chi connectivity index (χ1n) is 5.73. The summed E-state index contributed by atoms with van der Waals surface area (Å²) in [5.41, 5.74) is 0.262. The molecular formula is C13H10BrClN4OS. The van der Waals surface area contributed by atoms with Crippen LogP contribution in [0.2, 0.25) is 5.02 Å². The van der Waals surface area contributed by atoms with Gasteiger partial charge in [-0.2, -0.15) is 0 Å². The molecule has 0 atom stereocenters. The first-order valence-corrected chi connectivity index (χ1v) is 7.72. The van der Waals surface area contributed by atoms with Gasteiger partial charge >= 0.3 is 0 Å². The molecule has 108 valence electrons. The summed E-state index contributed by atoms with van der Waals surface area (Å²) in [6.07, 6.45) is 2.91. The third kappa shape index (κ3) is 3.81. The minimum Gasteiger partial charge on any atom is -0.313 e. The van der Waals surface area contributed by atoms with E-state index in [1.165, 1.54) is 18.1 Å². The van der Waals surface area contributed by atoms with E-state index >= 15 is 0 Å². The fourth-order valence-corrected chi connectivity index (χ4v) is 2.72. The second-order valence-corrected chi connectivity index (χ2v) is 6.45. The minimum atomic E-state index is -0.279. The molecule has 0 aliphatic rings. The fraction of sp³-hybridized carbons (Fsp3) is 0.0769. The predicted molar refractivity (Wildman–Crippen MR) is 92.9 cm³/mol. The summed E-state index contributed by atoms with van der Waals surface area (Å²) in [6.45, 7) is 5.30. The summed E-state index contributed by atoms with van der Waals surface area (Å²) in [5.74, 6) is 0. The number of aromatic amines is 1. The number of aromatic nitrogens is 2. The van der Waals surface area contributed by atoms with Crippen molar-refractivity contribution in [2.45, 2.75) is 11.8 Å². The maximum absolute atomic E-state index is 11.9. The van der Waals surface area contributed by atoms with Crippen molar-refractivity contribution in [3.8, 4) is 0 Å². The summed E-state index contributed by atoms with van der Waals surface area (Å²) in [6, 6.07) is 3.52. The van der Waals surface area contributed by atoms with Gasteiger partial charge in [0, 0.05) is 4.90 Å². The highest BCUT2D eigenvalue weighted by molar-refractivity contribution is 9.18. The minimum absolute atomic E-state index is 0.279. The lowest BCUT2D eigenvalue weighted by Crippen LogP contribution is -2.06. The van der Waals surface area contributed by atoms with Gasteiger partial charge in [-0.25, -0.2) is 4.98 Å². The molecule has 8 heteroatoms. The molecule has 21 heavy (non-hydrogen) atoms. The van der Waals surface area contributed by atoms with E-state index in [1.54, 1.807) is 25.3 Å². The molecule has 1 aromatic carbocycles. The molecule has 0 bridgehead atoms. The van der Waals surface area contributed by atoms with Gasteiger partial charge in [-0.05, 0) is 41.7 Å². The standard InChI is InChI=1S/C13H10BrClN4OS/c1-7(14)17-5-10(16-2)21-9-4-3-8-11(12(9)15)13(20)19-6-18-8/h3-6H,2H2,1H3,(H,18,19,20)/b10-5+,17-7?. The van der Waals surface area contributed by atoms with E-state index < -0.39 is 0 Å². The van der Waals surface area contributed by atoms with Crippen LogP contribution in [0.3, 0.4) is 0 Å². The second kappa shape index (κ2) is 7.02. The van der Waals surface area contributed by atoms with Gasteiger partial charge in [-0.3, -0.25) is 14.8 Å². The Hall–Kier alpha value is -1.44. The monoisotopic (exact) mass is 384 g/mol. The van der Waals surface area contributed by atoms with Crippen LogP contribution < -0.4 is 5.56 Å². The van der Waals surface area contributed by atoms with E-state index in [1.807, 2.05) is 0 Å². The van der Waals surface area contributed by atoms with Crippen molar-refractivity contribution in [3.63, 3.8) is 0 Å². The third-order valence-corrected chi connectivity index (χ3v) is 4.15. The molecule has 0 saturated carbocycles. The van der Waals surface area contributed by atoms with Crippen molar-refractivity contribution >= 4 is 61.5 Å². The summed E-state index contributed by atoms with van der Waals surface area (Å²) >= 11 is 10.8. The summed E-state index contributed by atoms with van der Waals surface area (Å²) < 4.78 is 0.717. The molecule has 1 aromatic heterocycles. The summed E-state index contributed by atoms with van der Waals surface area (Å²) in [4.78, 5) is 27.1. The van der Waals surface area contributed by atoms with Crippen LogP contribution in [0.4, 0.5) is 0 Å². The van der Waals surface area contributed by atoms with Crippen LogP contribution in [-0.4, -0.2) is 21.3 Å². The number of hydrogen-bond donors (Lipinski definition) is 1. The van der Waals surface area contributed by atoms with Crippen molar-refractivity contribution in [1.82, 2.24) is 9.97 Å². The highest BCUT2D eigenvalue weighted by atomic mass is 79.9. The van der Waals surface area contributed by atoms with Gasteiger partial charge in [0.25, 0.3) is 5.56 Å². The van der Waals surface area contributed by atoms with Crippen LogP contribution in [0.15, 0.2) is 49.4 Å². The number of H-pyrrole nitrogens is 1. The largest absolute Gasteiger partial charge is 0.313 e. The number of thioether (sulfide) groups is 1. The quantitative estimate of drug-likeness (QED) is 0.639. The molecule has 0 unspecified atom stereocenters. The molecule has 0 fully saturated rings. The number of rotatable bonds is 4. The van der Waals surface area contributed by atoms with Gasteiger partial charge in [0.1, 0.15) is 5.03 Å². The number of hydrogen-bond acceptors (Lipinski definition) is 5. The van der Waals surface area contributed by atoms with E-state index in [-0.39, 0.29) is 5.56 Å². The van der Waals surface area contributed by atoms with E-state index in [9.17, 15) is 4.79 Å². The lowest BCUT2D eigenvalue weighted by Gasteiger charge is -2.06. The first-order chi connectivity index (χ1) is 10.0. The van der Waals surface area contributed by atoms with Crippen LogP contribution in [0, 0.1) is 0 Å². The molecule has 0 saturated heterocycles. The third-order valence-electron chi connectivity index (χ3n) is 2.43. The number of nitrogens with zero attached hydrogens (tertiary/aromatic N) is 3. The normalized spacial score (nSPS) is 12.7. The molecule has 5 nitrogen and oxygen atoms in total. The number of aliphatic imine (C=N–C) groups is 2. The van der Waals surface area contributed by atoms with Crippen LogP contribution in [0.1, 0.15) is 6.92 Å². The van der Waals surface area contributed by atoms with Crippen molar-refractivity contribution in [2.24, 2.45) is 9.98 Å². The zero-order chi connectivity index (χ0) is 15.4. The van der Waals surface area contributed by atoms with Gasteiger partial charge in [0.05, 0.1) is 33.1 Å². The fourth-order valence-electron chi connectivity index (χ4n) is 1.54. The molecule has 0 amide bonds. The first kappa shape index (κ1) is 15.9. The summed E-state index contributed by atoms with van der Waals surface area (Å²) in [5, 5.41) is 1.25. The smallest absolute Gasteiger partial charge is 0.260 e. The van der Waals surface area contributed by atoms with Crippen molar-refractivity contribution in [1.29, 1.82) is 0 Å². The highest BCUT2D eigenvalue weighted by Crippen LogP contribution is 2.35. The van der Waals surface area contributed by atoms with Crippen LogP contribution in [-0.2, 0) is 0 Å². The number of benzene rings is 1. The maximum atomic E-state index is 11.9. The Labute approximate surface area is 138 Å². The Kier molecular flexibility index (Phi) is 5.33. The molecule has 0 aliphatic carbocycles. The molecule has 1 N–H and O–H groups in total. The number of fused-ring (bicyclic) bond motifs is 1. The van der Waals surface area contributed by atoms with Crippen molar-refractivity contribution < 1.29 is 0 Å². The van der Waals surface area contributed by atoms with E-state index in [4.69, 9.17) is 11.6 Å². The molecule has 2 rings (SSSR count). The molecule has 0 spiro atoms. The maximum Gasteiger partial charge on any atom is 0.260 e. The molecule has 1 heterocycles. The Morgan fingerprint density at radius 2 is 2.33 bits per heavy atom. The number of nitrogens with one attached hydrogen (secondary N) is 1. The Bertz CT molecular complexity index is 811. The van der Waals surface area contributed by atoms with Gasteiger partial charge in [-0.15, -0.1) is 0 Å². The Morgan fingerprint density at radius 1 is 1.57 bits per heavy atom. The van der Waals surface area contributed by atoms with Crippen LogP contribution in [0.25, 0.3) is 10.9 Å². The lowest BCUT2D eigenvalue weighted by molar-refractivity contribution is 1.17. The molecule has 0 aliphatic heterocycles. The zero-order valence-electron chi connectivity index (χ0n) is 10.9. The summed E-state index contributed by atoms with van der Waals surface area (Å²) in [7, 11) is 0. The van der Waals surface area contributed by atoms with E-state index in [0.717, 1.165) is 4.62 Å². The predicted octanol–water partition coefficient (Wildman–Crippen LogP) is 3.98. The van der Waals surface area contributed by atoms with Crippen molar-refractivity contribution in [3.05, 3.63) is 45.1 Å².